The first-order valence-corrected chi connectivity index (χ1v) is 10.2. The van der Waals surface area contributed by atoms with Crippen molar-refractivity contribution in [1.82, 2.24) is 5.32 Å². The van der Waals surface area contributed by atoms with E-state index < -0.39 is 17.8 Å². The molecule has 1 saturated heterocycles. The first-order chi connectivity index (χ1) is 15.3. The Morgan fingerprint density at radius 3 is 2.31 bits per heavy atom. The fourth-order valence-electron chi connectivity index (χ4n) is 3.25. The molecule has 1 aliphatic heterocycles. The molecule has 158 valence electrons. The molecule has 3 aromatic rings. The van der Waals surface area contributed by atoms with Crippen molar-refractivity contribution in [3.05, 3.63) is 94.5 Å². The van der Waals surface area contributed by atoms with Gasteiger partial charge in [-0.3, -0.25) is 19.8 Å². The van der Waals surface area contributed by atoms with E-state index in [4.69, 9.17) is 23.8 Å². The number of carbonyl (C=O) groups excluding carboxylic acids is 2. The molecule has 4 rings (SSSR count). The van der Waals surface area contributed by atoms with Gasteiger partial charge in [0.05, 0.1) is 11.3 Å². The molecule has 0 bridgehead atoms. The molecule has 1 heterocycles. The third-order valence-electron chi connectivity index (χ3n) is 4.85. The number of aromatic carboxylic acids is 1. The highest BCUT2D eigenvalue weighted by Gasteiger charge is 2.34. The van der Waals surface area contributed by atoms with Crippen LogP contribution in [0, 0.1) is 0 Å². The Hall–Kier alpha value is -3.81. The molecule has 1 fully saturated rings. The molecule has 0 unspecified atom stereocenters. The first kappa shape index (κ1) is 21.4. The van der Waals surface area contributed by atoms with Gasteiger partial charge in [-0.25, -0.2) is 4.79 Å². The number of halogens is 1. The average molecular weight is 463 g/mol. The fraction of sp³-hybridized carbons (Fsp3) is 0. The third-order valence-corrected chi connectivity index (χ3v) is 5.39. The van der Waals surface area contributed by atoms with Crippen LogP contribution in [-0.2, 0) is 9.59 Å². The maximum absolute atomic E-state index is 13.0. The summed E-state index contributed by atoms with van der Waals surface area (Å²) >= 11 is 11.1. The molecule has 0 saturated carbocycles. The number of thiocarbonyl (C=S) groups is 1. The average Bonchev–Trinajstić information content (AvgIpc) is 2.78. The summed E-state index contributed by atoms with van der Waals surface area (Å²) in [4.78, 5) is 37.9. The number of carbonyl (C=O) groups is 3. The van der Waals surface area contributed by atoms with Gasteiger partial charge in [-0.15, -0.1) is 0 Å². The molecule has 0 radical (unpaired) electrons. The van der Waals surface area contributed by atoms with Crippen LogP contribution in [0.15, 0.2) is 78.4 Å². The van der Waals surface area contributed by atoms with Crippen LogP contribution in [0.5, 0.6) is 0 Å². The van der Waals surface area contributed by atoms with Gasteiger partial charge < -0.3 is 5.11 Å². The van der Waals surface area contributed by atoms with Crippen molar-refractivity contribution in [3.8, 4) is 11.1 Å². The van der Waals surface area contributed by atoms with E-state index in [1.165, 1.54) is 17.0 Å². The van der Waals surface area contributed by atoms with E-state index in [2.05, 4.69) is 5.32 Å². The summed E-state index contributed by atoms with van der Waals surface area (Å²) in [5, 5.41) is 12.2. The Kier molecular flexibility index (Phi) is 5.85. The van der Waals surface area contributed by atoms with Gasteiger partial charge in [0.2, 0.25) is 0 Å². The van der Waals surface area contributed by atoms with Crippen molar-refractivity contribution < 1.29 is 19.5 Å². The van der Waals surface area contributed by atoms with E-state index in [-0.39, 0.29) is 16.2 Å². The number of carboxylic acid groups (broad SMARTS) is 1. The molecule has 1 aliphatic rings. The van der Waals surface area contributed by atoms with Gasteiger partial charge in [0, 0.05) is 5.02 Å². The largest absolute Gasteiger partial charge is 0.478 e. The minimum absolute atomic E-state index is 0.00636. The lowest BCUT2D eigenvalue weighted by atomic mass is 10.0. The van der Waals surface area contributed by atoms with Gasteiger partial charge >= 0.3 is 5.97 Å². The van der Waals surface area contributed by atoms with Crippen molar-refractivity contribution in [2.45, 2.75) is 0 Å². The highest BCUT2D eigenvalue weighted by Crippen LogP contribution is 2.25. The summed E-state index contributed by atoms with van der Waals surface area (Å²) in [6.45, 7) is 0. The Morgan fingerprint density at radius 2 is 1.66 bits per heavy atom. The minimum Gasteiger partial charge on any atom is -0.478 e. The summed E-state index contributed by atoms with van der Waals surface area (Å²) < 4.78 is 0. The predicted octanol–water partition coefficient (Wildman–Crippen LogP) is 4.54. The van der Waals surface area contributed by atoms with Crippen molar-refractivity contribution in [3.63, 3.8) is 0 Å². The maximum Gasteiger partial charge on any atom is 0.335 e. The van der Waals surface area contributed by atoms with Gasteiger partial charge in [-0.2, -0.15) is 0 Å². The Balaban J connectivity index is 1.63. The lowest BCUT2D eigenvalue weighted by Gasteiger charge is -2.28. The lowest BCUT2D eigenvalue weighted by molar-refractivity contribution is -0.122. The van der Waals surface area contributed by atoms with Crippen LogP contribution >= 0.6 is 23.8 Å². The van der Waals surface area contributed by atoms with E-state index in [1.807, 2.05) is 6.07 Å². The van der Waals surface area contributed by atoms with Crippen LogP contribution < -0.4 is 10.2 Å². The van der Waals surface area contributed by atoms with Crippen LogP contribution in [0.1, 0.15) is 15.9 Å². The quantitative estimate of drug-likeness (QED) is 0.338. The number of hydrogen-bond acceptors (Lipinski definition) is 4. The molecule has 0 spiro atoms. The van der Waals surface area contributed by atoms with E-state index in [0.29, 0.717) is 16.3 Å². The van der Waals surface area contributed by atoms with Crippen LogP contribution in [0.4, 0.5) is 5.69 Å². The number of hydrogen-bond donors (Lipinski definition) is 2. The molecule has 0 aliphatic carbocycles. The topological polar surface area (TPSA) is 86.7 Å². The van der Waals surface area contributed by atoms with Gasteiger partial charge in [-0.1, -0.05) is 48.0 Å². The van der Waals surface area contributed by atoms with Gasteiger partial charge in [0.1, 0.15) is 5.57 Å². The Bertz CT molecular complexity index is 1280. The molecular formula is C24H15ClN2O4S. The molecule has 6 nitrogen and oxygen atoms in total. The van der Waals surface area contributed by atoms with Crippen LogP contribution in [0.2, 0.25) is 5.02 Å². The molecule has 2 N–H and O–H groups in total. The minimum atomic E-state index is -1.00. The number of amides is 2. The maximum atomic E-state index is 13.0. The second-order valence-electron chi connectivity index (χ2n) is 6.94. The molecule has 8 heteroatoms. The molecule has 0 aromatic heterocycles. The smallest absolute Gasteiger partial charge is 0.335 e. The number of benzene rings is 3. The standard InChI is InChI=1S/C24H15ClN2O4S/c25-18-8-10-19(11-9-18)27-22(29)20(21(28)26-24(27)32)12-14-4-6-15(7-5-14)16-2-1-3-17(13-16)23(30)31/h1-13H,(H,30,31)(H,26,28,32). The number of anilines is 1. The monoisotopic (exact) mass is 462 g/mol. The fourth-order valence-corrected chi connectivity index (χ4v) is 3.66. The number of rotatable bonds is 4. The second kappa shape index (κ2) is 8.74. The zero-order valence-electron chi connectivity index (χ0n) is 16.4. The van der Waals surface area contributed by atoms with Crippen LogP contribution in [0.25, 0.3) is 17.2 Å². The van der Waals surface area contributed by atoms with Crippen molar-refractivity contribution >= 4 is 58.5 Å². The summed E-state index contributed by atoms with van der Waals surface area (Å²) in [5.41, 5.74) is 2.80. The van der Waals surface area contributed by atoms with E-state index in [1.54, 1.807) is 60.7 Å². The highest BCUT2D eigenvalue weighted by atomic mass is 35.5. The molecule has 0 atom stereocenters. The highest BCUT2D eigenvalue weighted by molar-refractivity contribution is 7.80. The van der Waals surface area contributed by atoms with Crippen molar-refractivity contribution in [1.29, 1.82) is 0 Å². The summed E-state index contributed by atoms with van der Waals surface area (Å²) in [7, 11) is 0. The lowest BCUT2D eigenvalue weighted by Crippen LogP contribution is -2.54. The third kappa shape index (κ3) is 4.30. The van der Waals surface area contributed by atoms with Crippen molar-refractivity contribution in [2.24, 2.45) is 0 Å². The zero-order valence-corrected chi connectivity index (χ0v) is 18.0. The number of nitrogens with zero attached hydrogens (tertiary/aromatic N) is 1. The summed E-state index contributed by atoms with van der Waals surface area (Å²) in [6.07, 6.45) is 1.49. The summed E-state index contributed by atoms with van der Waals surface area (Å²) in [6, 6.07) is 20.2. The first-order valence-electron chi connectivity index (χ1n) is 9.44. The van der Waals surface area contributed by atoms with Gasteiger partial charge in [0.25, 0.3) is 11.8 Å². The van der Waals surface area contributed by atoms with Crippen LogP contribution in [-0.4, -0.2) is 28.0 Å². The molecule has 2 amide bonds. The van der Waals surface area contributed by atoms with Crippen molar-refractivity contribution in [2.75, 3.05) is 4.90 Å². The summed E-state index contributed by atoms with van der Waals surface area (Å²) in [5.74, 6) is -2.12. The second-order valence-corrected chi connectivity index (χ2v) is 7.77. The molecule has 32 heavy (non-hydrogen) atoms. The number of carboxylic acids is 1. The normalized spacial score (nSPS) is 15.1. The zero-order chi connectivity index (χ0) is 22.8. The Morgan fingerprint density at radius 1 is 0.969 bits per heavy atom. The molecule has 3 aromatic carbocycles. The van der Waals surface area contributed by atoms with E-state index >= 15 is 0 Å². The van der Waals surface area contributed by atoms with Gasteiger partial charge in [0.15, 0.2) is 5.11 Å². The van der Waals surface area contributed by atoms with E-state index in [0.717, 1.165) is 11.1 Å². The number of nitrogens with one attached hydrogen (secondary N) is 1. The van der Waals surface area contributed by atoms with E-state index in [9.17, 15) is 19.5 Å². The SMILES string of the molecule is O=C1NC(=S)N(c2ccc(Cl)cc2)C(=O)C1=Cc1ccc(-c2cccc(C(=O)O)c2)cc1. The molecular weight excluding hydrogens is 448 g/mol. The van der Waals surface area contributed by atoms with Gasteiger partial charge in [-0.05, 0) is 71.4 Å². The van der Waals surface area contributed by atoms with Crippen LogP contribution in [0.3, 0.4) is 0 Å². The Labute approximate surface area is 193 Å². The predicted molar refractivity (Wildman–Crippen MR) is 126 cm³/mol.